The lowest BCUT2D eigenvalue weighted by Crippen LogP contribution is -2.12. The first-order valence-corrected chi connectivity index (χ1v) is 10.4. The van der Waals surface area contributed by atoms with Crippen LogP contribution in [0.5, 0.6) is 11.5 Å². The number of carbonyl (C=O) groups is 1. The number of phenolic OH excluding ortho intramolecular Hbond substituents is 1. The molecule has 150 valence electrons. The molecule has 0 saturated heterocycles. The lowest BCUT2D eigenvalue weighted by Gasteiger charge is -2.09. The molecular formula is C21H18FNO5S. The van der Waals surface area contributed by atoms with E-state index in [1.165, 1.54) is 42.5 Å². The lowest BCUT2D eigenvalue weighted by molar-refractivity contribution is 0.102. The van der Waals surface area contributed by atoms with Crippen LogP contribution in [0.3, 0.4) is 0 Å². The Morgan fingerprint density at radius 2 is 1.69 bits per heavy atom. The molecule has 2 N–H and O–H groups in total. The largest absolute Gasteiger partial charge is 0.507 e. The van der Waals surface area contributed by atoms with Crippen LogP contribution in [-0.2, 0) is 16.4 Å². The summed E-state index contributed by atoms with van der Waals surface area (Å²) in [7, 11) is -3.63. The SMILES string of the molecule is CS(=O)(=O)c1cc(NC(=O)c2ccc(COc3ccc(F)cc3)cc2)ccc1O. The van der Waals surface area contributed by atoms with Crippen LogP contribution in [0.2, 0.25) is 0 Å². The number of benzene rings is 3. The summed E-state index contributed by atoms with van der Waals surface area (Å²) >= 11 is 0. The minimum Gasteiger partial charge on any atom is -0.507 e. The predicted molar refractivity (Wildman–Crippen MR) is 106 cm³/mol. The van der Waals surface area contributed by atoms with E-state index in [-0.39, 0.29) is 28.8 Å². The molecule has 3 rings (SSSR count). The molecule has 0 saturated carbocycles. The number of nitrogens with one attached hydrogen (secondary N) is 1. The molecule has 0 atom stereocenters. The van der Waals surface area contributed by atoms with E-state index in [2.05, 4.69) is 5.32 Å². The van der Waals surface area contributed by atoms with E-state index in [0.29, 0.717) is 11.3 Å². The van der Waals surface area contributed by atoms with Gasteiger partial charge in [0.2, 0.25) is 0 Å². The molecule has 0 unspecified atom stereocenters. The molecule has 8 heteroatoms. The van der Waals surface area contributed by atoms with Crippen LogP contribution in [0.25, 0.3) is 0 Å². The molecule has 6 nitrogen and oxygen atoms in total. The summed E-state index contributed by atoms with van der Waals surface area (Å²) in [5.74, 6) is -0.621. The third kappa shape index (κ3) is 5.32. The van der Waals surface area contributed by atoms with Gasteiger partial charge in [-0.05, 0) is 60.2 Å². The number of hydrogen-bond donors (Lipinski definition) is 2. The second-order valence-corrected chi connectivity index (χ2v) is 8.33. The van der Waals surface area contributed by atoms with E-state index in [4.69, 9.17) is 4.74 Å². The highest BCUT2D eigenvalue weighted by Gasteiger charge is 2.15. The summed E-state index contributed by atoms with van der Waals surface area (Å²) in [5.41, 5.74) is 1.43. The number of hydrogen-bond acceptors (Lipinski definition) is 5. The topological polar surface area (TPSA) is 92.7 Å². The average molecular weight is 415 g/mol. The number of amides is 1. The summed E-state index contributed by atoms with van der Waals surface area (Å²) in [6.07, 6.45) is 0.973. The van der Waals surface area contributed by atoms with Gasteiger partial charge >= 0.3 is 0 Å². The van der Waals surface area contributed by atoms with Gasteiger partial charge in [-0.25, -0.2) is 12.8 Å². The van der Waals surface area contributed by atoms with Crippen molar-refractivity contribution in [1.29, 1.82) is 0 Å². The zero-order valence-corrected chi connectivity index (χ0v) is 16.2. The van der Waals surface area contributed by atoms with Crippen molar-refractivity contribution in [1.82, 2.24) is 0 Å². The van der Waals surface area contributed by atoms with E-state index in [9.17, 15) is 22.7 Å². The minimum atomic E-state index is -3.63. The number of ether oxygens (including phenoxy) is 1. The molecule has 0 fully saturated rings. The van der Waals surface area contributed by atoms with Crippen molar-refractivity contribution in [2.45, 2.75) is 11.5 Å². The summed E-state index contributed by atoms with van der Waals surface area (Å²) in [4.78, 5) is 12.1. The Morgan fingerprint density at radius 3 is 2.31 bits per heavy atom. The molecule has 0 aliphatic heterocycles. The molecule has 0 aliphatic carbocycles. The van der Waals surface area contributed by atoms with E-state index in [1.54, 1.807) is 24.3 Å². The summed E-state index contributed by atoms with van der Waals surface area (Å²) in [6, 6.07) is 16.1. The average Bonchev–Trinajstić information content (AvgIpc) is 2.68. The van der Waals surface area contributed by atoms with E-state index >= 15 is 0 Å². The smallest absolute Gasteiger partial charge is 0.255 e. The molecule has 0 aromatic heterocycles. The van der Waals surface area contributed by atoms with Crippen molar-refractivity contribution >= 4 is 21.4 Å². The Bertz CT molecular complexity index is 1130. The standard InChI is InChI=1S/C21H18FNO5S/c1-29(26,27)20-12-17(8-11-19(20)24)23-21(25)15-4-2-14(3-5-15)13-28-18-9-6-16(22)7-10-18/h2-12,24H,13H2,1H3,(H,23,25). The normalized spacial score (nSPS) is 11.1. The fourth-order valence-electron chi connectivity index (χ4n) is 2.54. The van der Waals surface area contributed by atoms with E-state index in [1.807, 2.05) is 0 Å². The molecule has 1 amide bonds. The quantitative estimate of drug-likeness (QED) is 0.598. The Hall–Kier alpha value is -3.39. The molecule has 0 heterocycles. The van der Waals surface area contributed by atoms with Crippen molar-refractivity contribution in [2.24, 2.45) is 0 Å². The Kier molecular flexibility index (Phi) is 5.84. The molecule has 3 aromatic carbocycles. The summed E-state index contributed by atoms with van der Waals surface area (Å²) < 4.78 is 41.8. The second-order valence-electron chi connectivity index (χ2n) is 6.35. The second kappa shape index (κ2) is 8.32. The number of sulfone groups is 1. The summed E-state index contributed by atoms with van der Waals surface area (Å²) in [5, 5.41) is 12.3. The Morgan fingerprint density at radius 1 is 1.03 bits per heavy atom. The van der Waals surface area contributed by atoms with Gasteiger partial charge in [0.1, 0.15) is 28.8 Å². The number of anilines is 1. The van der Waals surface area contributed by atoms with E-state index < -0.39 is 15.7 Å². The number of rotatable bonds is 6. The third-order valence-electron chi connectivity index (χ3n) is 4.05. The zero-order valence-electron chi connectivity index (χ0n) is 15.4. The number of phenols is 1. The van der Waals surface area contributed by atoms with Gasteiger partial charge in [0.15, 0.2) is 9.84 Å². The van der Waals surface area contributed by atoms with Gasteiger partial charge in [0, 0.05) is 17.5 Å². The van der Waals surface area contributed by atoms with Gasteiger partial charge in [-0.1, -0.05) is 12.1 Å². The Labute approximate surface area is 167 Å². The molecule has 0 aliphatic rings. The maximum Gasteiger partial charge on any atom is 0.255 e. The third-order valence-corrected chi connectivity index (χ3v) is 5.18. The highest BCUT2D eigenvalue weighted by molar-refractivity contribution is 7.90. The number of aromatic hydroxyl groups is 1. The maximum absolute atomic E-state index is 12.9. The van der Waals surface area contributed by atoms with Crippen molar-refractivity contribution in [3.63, 3.8) is 0 Å². The Balaban J connectivity index is 1.65. The van der Waals surface area contributed by atoms with Crippen LogP contribution in [-0.4, -0.2) is 25.7 Å². The molecule has 0 spiro atoms. The first-order valence-electron chi connectivity index (χ1n) is 8.54. The zero-order chi connectivity index (χ0) is 21.0. The van der Waals surface area contributed by atoms with Crippen molar-refractivity contribution in [3.05, 3.63) is 83.7 Å². The highest BCUT2D eigenvalue weighted by Crippen LogP contribution is 2.26. The van der Waals surface area contributed by atoms with Crippen LogP contribution < -0.4 is 10.1 Å². The van der Waals surface area contributed by atoms with Crippen molar-refractivity contribution < 1.29 is 27.4 Å². The molecule has 3 aromatic rings. The van der Waals surface area contributed by atoms with Crippen LogP contribution in [0.1, 0.15) is 15.9 Å². The van der Waals surface area contributed by atoms with Crippen LogP contribution in [0.15, 0.2) is 71.6 Å². The van der Waals surface area contributed by atoms with Crippen LogP contribution in [0.4, 0.5) is 10.1 Å². The van der Waals surface area contributed by atoms with Gasteiger partial charge in [0.05, 0.1) is 0 Å². The van der Waals surface area contributed by atoms with E-state index in [0.717, 1.165) is 11.8 Å². The summed E-state index contributed by atoms with van der Waals surface area (Å²) in [6.45, 7) is 0.253. The predicted octanol–water partition coefficient (Wildman–Crippen LogP) is 3.77. The van der Waals surface area contributed by atoms with Crippen molar-refractivity contribution in [3.8, 4) is 11.5 Å². The van der Waals surface area contributed by atoms with Crippen LogP contribution >= 0.6 is 0 Å². The van der Waals surface area contributed by atoms with Crippen LogP contribution in [0, 0.1) is 5.82 Å². The van der Waals surface area contributed by atoms with Gasteiger partial charge < -0.3 is 15.2 Å². The fraction of sp³-hybridized carbons (Fsp3) is 0.0952. The lowest BCUT2D eigenvalue weighted by atomic mass is 10.1. The van der Waals surface area contributed by atoms with Gasteiger partial charge in [-0.2, -0.15) is 0 Å². The number of carbonyl (C=O) groups excluding carboxylic acids is 1. The van der Waals surface area contributed by atoms with Gasteiger partial charge in [-0.15, -0.1) is 0 Å². The molecule has 0 radical (unpaired) electrons. The minimum absolute atomic E-state index is 0.247. The fourth-order valence-corrected chi connectivity index (χ4v) is 3.33. The van der Waals surface area contributed by atoms with Crippen molar-refractivity contribution in [2.75, 3.05) is 11.6 Å². The highest BCUT2D eigenvalue weighted by atomic mass is 32.2. The molecule has 29 heavy (non-hydrogen) atoms. The molecule has 0 bridgehead atoms. The van der Waals surface area contributed by atoms with Gasteiger partial charge in [-0.3, -0.25) is 4.79 Å². The molecular weight excluding hydrogens is 397 g/mol. The maximum atomic E-state index is 12.9. The van der Waals surface area contributed by atoms with Gasteiger partial charge in [0.25, 0.3) is 5.91 Å². The number of halogens is 1. The monoisotopic (exact) mass is 415 g/mol. The first-order chi connectivity index (χ1) is 13.7. The first kappa shape index (κ1) is 20.3.